The van der Waals surface area contributed by atoms with Crippen LogP contribution in [0, 0.1) is 18.6 Å². The van der Waals surface area contributed by atoms with Crippen molar-refractivity contribution >= 4 is 0 Å². The van der Waals surface area contributed by atoms with Gasteiger partial charge in [0, 0.05) is 11.1 Å². The molecule has 0 bridgehead atoms. The third kappa shape index (κ3) is 2.47. The molecule has 2 N–H and O–H groups in total. The highest BCUT2D eigenvalue weighted by Gasteiger charge is 2.39. The molecule has 0 saturated carbocycles. The Morgan fingerprint density at radius 2 is 1.85 bits per heavy atom. The Morgan fingerprint density at radius 3 is 2.40 bits per heavy atom. The molecule has 2 rings (SSSR count). The van der Waals surface area contributed by atoms with E-state index in [0.29, 0.717) is 5.56 Å². The van der Waals surface area contributed by atoms with Gasteiger partial charge in [0.2, 0.25) is 0 Å². The average molecular weight is 282 g/mol. The average Bonchev–Trinajstić information content (AvgIpc) is 2.98. The molecule has 1 aromatic carbocycles. The molecule has 0 aromatic heterocycles. The molecule has 1 aliphatic heterocycles. The Morgan fingerprint density at radius 1 is 1.25 bits per heavy atom. The van der Waals surface area contributed by atoms with Crippen LogP contribution in [0.3, 0.4) is 0 Å². The van der Waals surface area contributed by atoms with Crippen LogP contribution in [0.1, 0.15) is 50.3 Å². The van der Waals surface area contributed by atoms with Crippen molar-refractivity contribution in [1.82, 2.24) is 4.90 Å². The first-order valence-electron chi connectivity index (χ1n) is 7.37. The third-order valence-corrected chi connectivity index (χ3v) is 4.85. The topological polar surface area (TPSA) is 29.3 Å². The molecule has 0 aliphatic carbocycles. The van der Waals surface area contributed by atoms with Crippen LogP contribution < -0.4 is 5.73 Å². The Balaban J connectivity index is 2.38. The summed E-state index contributed by atoms with van der Waals surface area (Å²) in [4.78, 5) is 2.31. The van der Waals surface area contributed by atoms with Crippen molar-refractivity contribution in [2.45, 2.75) is 51.6 Å². The number of nitrogens with two attached hydrogens (primary N) is 1. The molecule has 20 heavy (non-hydrogen) atoms. The second kappa shape index (κ2) is 5.78. The second-order valence-electron chi connectivity index (χ2n) is 5.98. The van der Waals surface area contributed by atoms with Crippen LogP contribution in [0.25, 0.3) is 0 Å². The zero-order valence-corrected chi connectivity index (χ0v) is 12.5. The number of hydrogen-bond acceptors (Lipinski definition) is 2. The molecule has 2 nitrogen and oxygen atoms in total. The van der Waals surface area contributed by atoms with Gasteiger partial charge in [-0.2, -0.15) is 0 Å². The number of halogens is 2. The number of benzene rings is 1. The number of likely N-dealkylation sites (tertiary alicyclic amines) is 1. The van der Waals surface area contributed by atoms with Gasteiger partial charge >= 0.3 is 0 Å². The molecule has 1 fully saturated rings. The zero-order chi connectivity index (χ0) is 14.9. The van der Waals surface area contributed by atoms with Crippen molar-refractivity contribution in [3.05, 3.63) is 34.9 Å². The fraction of sp³-hybridized carbons (Fsp3) is 0.625. The molecule has 0 spiro atoms. The standard InChI is InChI=1S/C16H24F2N2/c1-4-16(3,20-9-5-6-10-20)15(19)12-8-7-11(2)13(17)14(12)18/h7-8,15H,4-6,9-10,19H2,1-3H3. The molecular formula is C16H24F2N2. The van der Waals surface area contributed by atoms with Gasteiger partial charge in [0.15, 0.2) is 11.6 Å². The van der Waals surface area contributed by atoms with Crippen LogP contribution in [0.15, 0.2) is 12.1 Å². The van der Waals surface area contributed by atoms with Gasteiger partial charge < -0.3 is 5.73 Å². The molecular weight excluding hydrogens is 258 g/mol. The zero-order valence-electron chi connectivity index (χ0n) is 12.5. The van der Waals surface area contributed by atoms with Crippen molar-refractivity contribution in [3.63, 3.8) is 0 Å². The highest BCUT2D eigenvalue weighted by Crippen LogP contribution is 2.36. The van der Waals surface area contributed by atoms with E-state index >= 15 is 0 Å². The largest absolute Gasteiger partial charge is 0.322 e. The Hall–Kier alpha value is -1.00. The summed E-state index contributed by atoms with van der Waals surface area (Å²) in [6.45, 7) is 7.63. The number of nitrogens with zero attached hydrogens (tertiary/aromatic N) is 1. The summed E-state index contributed by atoms with van der Waals surface area (Å²) in [7, 11) is 0. The quantitative estimate of drug-likeness (QED) is 0.915. The first-order chi connectivity index (χ1) is 9.41. The summed E-state index contributed by atoms with van der Waals surface area (Å²) >= 11 is 0. The summed E-state index contributed by atoms with van der Waals surface area (Å²) in [6, 6.07) is 2.71. The predicted octanol–water partition coefficient (Wildman–Crippen LogP) is 3.54. The Labute approximate surface area is 120 Å². The van der Waals surface area contributed by atoms with Gasteiger partial charge in [-0.1, -0.05) is 19.1 Å². The fourth-order valence-corrected chi connectivity index (χ4v) is 3.10. The van der Waals surface area contributed by atoms with Gasteiger partial charge in [0.1, 0.15) is 0 Å². The molecule has 0 amide bonds. The minimum Gasteiger partial charge on any atom is -0.322 e. The van der Waals surface area contributed by atoms with Crippen molar-refractivity contribution in [2.75, 3.05) is 13.1 Å². The van der Waals surface area contributed by atoms with Crippen LogP contribution in [-0.4, -0.2) is 23.5 Å². The minimum absolute atomic E-state index is 0.282. The van der Waals surface area contributed by atoms with Crippen molar-refractivity contribution in [3.8, 4) is 0 Å². The highest BCUT2D eigenvalue weighted by atomic mass is 19.2. The normalized spacial score (nSPS) is 20.9. The van der Waals surface area contributed by atoms with Gasteiger partial charge in [0.25, 0.3) is 0 Å². The lowest BCUT2D eigenvalue weighted by molar-refractivity contribution is 0.0983. The first-order valence-corrected chi connectivity index (χ1v) is 7.37. The number of rotatable bonds is 4. The van der Waals surface area contributed by atoms with Crippen molar-refractivity contribution in [2.24, 2.45) is 5.73 Å². The lowest BCUT2D eigenvalue weighted by Crippen LogP contribution is -2.52. The Kier molecular flexibility index (Phi) is 4.45. The van der Waals surface area contributed by atoms with Gasteiger partial charge in [-0.25, -0.2) is 8.78 Å². The van der Waals surface area contributed by atoms with E-state index in [1.54, 1.807) is 19.1 Å². The predicted molar refractivity (Wildman–Crippen MR) is 77.5 cm³/mol. The van der Waals surface area contributed by atoms with Gasteiger partial charge in [-0.05, 0) is 51.8 Å². The minimum atomic E-state index is -0.795. The molecule has 1 saturated heterocycles. The summed E-state index contributed by atoms with van der Waals surface area (Å²) < 4.78 is 28.0. The SMILES string of the molecule is CCC(C)(C(N)c1ccc(C)c(F)c1F)N1CCCC1. The maximum atomic E-state index is 14.2. The molecule has 1 aliphatic rings. The van der Waals surface area contributed by atoms with Crippen LogP contribution in [-0.2, 0) is 0 Å². The van der Waals surface area contributed by atoms with Crippen LogP contribution >= 0.6 is 0 Å². The van der Waals surface area contributed by atoms with E-state index in [0.717, 1.165) is 32.4 Å². The van der Waals surface area contributed by atoms with E-state index in [-0.39, 0.29) is 11.1 Å². The van der Waals surface area contributed by atoms with E-state index in [9.17, 15) is 8.78 Å². The highest BCUT2D eigenvalue weighted by molar-refractivity contribution is 5.30. The fourth-order valence-electron chi connectivity index (χ4n) is 3.10. The van der Waals surface area contributed by atoms with Crippen LogP contribution in [0.5, 0.6) is 0 Å². The van der Waals surface area contributed by atoms with Crippen molar-refractivity contribution in [1.29, 1.82) is 0 Å². The Bertz CT molecular complexity index is 484. The summed E-state index contributed by atoms with van der Waals surface area (Å²) in [5, 5.41) is 0. The lowest BCUT2D eigenvalue weighted by atomic mass is 9.83. The van der Waals surface area contributed by atoms with Crippen LogP contribution in [0.2, 0.25) is 0 Å². The van der Waals surface area contributed by atoms with E-state index in [2.05, 4.69) is 18.7 Å². The maximum absolute atomic E-state index is 14.2. The number of aryl methyl sites for hydroxylation is 1. The van der Waals surface area contributed by atoms with Gasteiger partial charge in [-0.3, -0.25) is 4.90 Å². The van der Waals surface area contributed by atoms with E-state index < -0.39 is 17.7 Å². The first kappa shape index (κ1) is 15.4. The van der Waals surface area contributed by atoms with Crippen LogP contribution in [0.4, 0.5) is 8.78 Å². The smallest absolute Gasteiger partial charge is 0.163 e. The monoisotopic (exact) mass is 282 g/mol. The molecule has 112 valence electrons. The molecule has 1 aromatic rings. The third-order valence-electron chi connectivity index (χ3n) is 4.85. The van der Waals surface area contributed by atoms with E-state index in [4.69, 9.17) is 5.73 Å². The van der Waals surface area contributed by atoms with Gasteiger partial charge in [-0.15, -0.1) is 0 Å². The molecule has 2 atom stereocenters. The second-order valence-corrected chi connectivity index (χ2v) is 5.98. The molecule has 4 heteroatoms. The summed E-state index contributed by atoms with van der Waals surface area (Å²) in [5.74, 6) is -1.57. The summed E-state index contributed by atoms with van der Waals surface area (Å²) in [5.41, 5.74) is 6.60. The molecule has 1 heterocycles. The number of hydrogen-bond donors (Lipinski definition) is 1. The van der Waals surface area contributed by atoms with Gasteiger partial charge in [0.05, 0.1) is 6.04 Å². The molecule has 2 unspecified atom stereocenters. The van der Waals surface area contributed by atoms with E-state index in [1.807, 2.05) is 0 Å². The summed E-state index contributed by atoms with van der Waals surface area (Å²) in [6.07, 6.45) is 3.10. The lowest BCUT2D eigenvalue weighted by Gasteiger charge is -2.43. The van der Waals surface area contributed by atoms with Crippen molar-refractivity contribution < 1.29 is 8.78 Å². The molecule has 0 radical (unpaired) electrons. The maximum Gasteiger partial charge on any atom is 0.163 e. The van der Waals surface area contributed by atoms with E-state index in [1.165, 1.54) is 0 Å².